The van der Waals surface area contributed by atoms with Crippen molar-refractivity contribution in [3.63, 3.8) is 0 Å². The molecule has 2 heterocycles. The molecule has 23 heavy (non-hydrogen) atoms. The lowest BCUT2D eigenvalue weighted by Gasteiger charge is -2.22. The van der Waals surface area contributed by atoms with Crippen LogP contribution in [-0.4, -0.2) is 44.9 Å². The molecule has 0 saturated carbocycles. The summed E-state index contributed by atoms with van der Waals surface area (Å²) in [6.45, 7) is 2.42. The van der Waals surface area contributed by atoms with Gasteiger partial charge in [0.25, 0.3) is 0 Å². The molecule has 0 spiro atoms. The largest absolute Gasteiger partial charge is 0.488 e. The van der Waals surface area contributed by atoms with Crippen LogP contribution in [0.4, 0.5) is 4.39 Å². The van der Waals surface area contributed by atoms with E-state index in [2.05, 4.69) is 9.88 Å². The van der Waals surface area contributed by atoms with Gasteiger partial charge in [0.1, 0.15) is 17.7 Å². The molecule has 0 aliphatic carbocycles. The first kappa shape index (κ1) is 16.0. The van der Waals surface area contributed by atoms with E-state index in [9.17, 15) is 9.50 Å². The number of benzene rings is 1. The molecule has 1 N–H and O–H groups in total. The Bertz CT molecular complexity index is 646. The molecule has 2 aromatic rings. The van der Waals surface area contributed by atoms with Gasteiger partial charge in [-0.05, 0) is 25.0 Å². The van der Waals surface area contributed by atoms with E-state index in [1.807, 2.05) is 17.8 Å². The molecule has 1 aromatic heterocycles. The molecule has 1 aliphatic rings. The zero-order valence-electron chi connectivity index (χ0n) is 13.2. The van der Waals surface area contributed by atoms with E-state index in [4.69, 9.17) is 4.74 Å². The van der Waals surface area contributed by atoms with Crippen LogP contribution in [0.2, 0.25) is 0 Å². The van der Waals surface area contributed by atoms with E-state index in [-0.39, 0.29) is 11.9 Å². The highest BCUT2D eigenvalue weighted by molar-refractivity contribution is 5.22. The summed E-state index contributed by atoms with van der Waals surface area (Å²) in [5.74, 6) is 0.137. The van der Waals surface area contributed by atoms with Crippen LogP contribution < -0.4 is 4.74 Å². The third-order valence-corrected chi connectivity index (χ3v) is 4.29. The fourth-order valence-electron chi connectivity index (χ4n) is 2.89. The van der Waals surface area contributed by atoms with Crippen molar-refractivity contribution in [2.24, 2.45) is 7.05 Å². The number of aliphatic hydroxyl groups is 1. The maximum atomic E-state index is 13.3. The number of aromatic nitrogens is 2. The Labute approximate surface area is 135 Å². The molecule has 0 bridgehead atoms. The highest BCUT2D eigenvalue weighted by atomic mass is 19.1. The third-order valence-electron chi connectivity index (χ3n) is 4.29. The molecular formula is C17H22FN3O2. The van der Waals surface area contributed by atoms with Gasteiger partial charge >= 0.3 is 0 Å². The SMILES string of the molecule is Cn1cncc1CN1CC[C@H](Oc2cccc(F)c2)[C@@H](O)CC1. The van der Waals surface area contributed by atoms with Gasteiger partial charge < -0.3 is 14.4 Å². The van der Waals surface area contributed by atoms with Crippen LogP contribution in [0.25, 0.3) is 0 Å². The quantitative estimate of drug-likeness (QED) is 0.936. The van der Waals surface area contributed by atoms with Crippen molar-refractivity contribution in [1.82, 2.24) is 14.5 Å². The van der Waals surface area contributed by atoms with Crippen molar-refractivity contribution in [1.29, 1.82) is 0 Å². The first-order chi connectivity index (χ1) is 11.1. The normalized spacial score (nSPS) is 22.7. The molecule has 1 saturated heterocycles. The van der Waals surface area contributed by atoms with Crippen molar-refractivity contribution in [2.45, 2.75) is 31.6 Å². The van der Waals surface area contributed by atoms with E-state index in [0.717, 1.165) is 25.3 Å². The van der Waals surface area contributed by atoms with Gasteiger partial charge in [0.05, 0.1) is 18.1 Å². The summed E-state index contributed by atoms with van der Waals surface area (Å²) in [5, 5.41) is 10.3. The van der Waals surface area contributed by atoms with Gasteiger partial charge in [-0.3, -0.25) is 4.90 Å². The van der Waals surface area contributed by atoms with Gasteiger partial charge in [-0.25, -0.2) is 9.37 Å². The van der Waals surface area contributed by atoms with Crippen molar-refractivity contribution in [2.75, 3.05) is 13.1 Å². The fourth-order valence-corrected chi connectivity index (χ4v) is 2.89. The molecule has 1 fully saturated rings. The summed E-state index contributed by atoms with van der Waals surface area (Å²) in [6.07, 6.45) is 4.14. The first-order valence-electron chi connectivity index (χ1n) is 7.89. The number of likely N-dealkylation sites (tertiary alicyclic amines) is 1. The molecule has 5 nitrogen and oxygen atoms in total. The number of aryl methyl sites for hydroxylation is 1. The lowest BCUT2D eigenvalue weighted by Crippen LogP contribution is -2.31. The minimum Gasteiger partial charge on any atom is -0.488 e. The number of hydrogen-bond acceptors (Lipinski definition) is 4. The summed E-state index contributed by atoms with van der Waals surface area (Å²) < 4.78 is 21.1. The smallest absolute Gasteiger partial charge is 0.126 e. The van der Waals surface area contributed by atoms with Crippen LogP contribution in [0.5, 0.6) is 5.75 Å². The summed E-state index contributed by atoms with van der Waals surface area (Å²) in [7, 11) is 1.98. The molecule has 0 amide bonds. The van der Waals surface area contributed by atoms with Gasteiger partial charge in [0.15, 0.2) is 0 Å². The lowest BCUT2D eigenvalue weighted by molar-refractivity contribution is 0.0348. The number of halogens is 1. The summed E-state index contributed by atoms with van der Waals surface area (Å²) in [6, 6.07) is 6.06. The van der Waals surface area contributed by atoms with Crippen molar-refractivity contribution in [3.05, 3.63) is 48.3 Å². The van der Waals surface area contributed by atoms with Crippen LogP contribution in [0.3, 0.4) is 0 Å². The van der Waals surface area contributed by atoms with Crippen LogP contribution in [-0.2, 0) is 13.6 Å². The second kappa shape index (κ2) is 7.10. The standard InChI is InChI=1S/C17H22FN3O2/c1-20-12-19-10-14(20)11-21-7-5-16(22)17(6-8-21)23-15-4-2-3-13(18)9-15/h2-4,9-10,12,16-17,22H,5-8,11H2,1H3/t16-,17-/m0/s1. The highest BCUT2D eigenvalue weighted by Crippen LogP contribution is 2.21. The lowest BCUT2D eigenvalue weighted by atomic mass is 10.1. The molecule has 6 heteroatoms. The number of rotatable bonds is 4. The monoisotopic (exact) mass is 319 g/mol. The van der Waals surface area contributed by atoms with Crippen molar-refractivity contribution < 1.29 is 14.2 Å². The fraction of sp³-hybridized carbons (Fsp3) is 0.471. The third kappa shape index (κ3) is 4.09. The van der Waals surface area contributed by atoms with Gasteiger partial charge in [-0.2, -0.15) is 0 Å². The molecule has 124 valence electrons. The average molecular weight is 319 g/mol. The molecule has 0 radical (unpaired) electrons. The Kier molecular flexibility index (Phi) is 4.93. The van der Waals surface area contributed by atoms with Gasteiger partial charge in [0, 0.05) is 38.9 Å². The van der Waals surface area contributed by atoms with Gasteiger partial charge in [0.2, 0.25) is 0 Å². The first-order valence-corrected chi connectivity index (χ1v) is 7.89. The van der Waals surface area contributed by atoms with Crippen molar-refractivity contribution >= 4 is 0 Å². The summed E-state index contributed by atoms with van der Waals surface area (Å²) in [5.41, 5.74) is 1.14. The zero-order valence-corrected chi connectivity index (χ0v) is 13.2. The highest BCUT2D eigenvalue weighted by Gasteiger charge is 2.26. The van der Waals surface area contributed by atoms with Crippen LogP contribution >= 0.6 is 0 Å². The van der Waals surface area contributed by atoms with E-state index in [1.165, 1.54) is 12.1 Å². The average Bonchev–Trinajstić information content (AvgIpc) is 2.84. The zero-order chi connectivity index (χ0) is 16.2. The van der Waals surface area contributed by atoms with E-state index < -0.39 is 6.10 Å². The second-order valence-corrected chi connectivity index (χ2v) is 6.03. The Morgan fingerprint density at radius 2 is 2.17 bits per heavy atom. The number of hydrogen-bond donors (Lipinski definition) is 1. The topological polar surface area (TPSA) is 50.5 Å². The second-order valence-electron chi connectivity index (χ2n) is 6.03. The maximum Gasteiger partial charge on any atom is 0.126 e. The van der Waals surface area contributed by atoms with E-state index in [0.29, 0.717) is 18.6 Å². The predicted molar refractivity (Wildman–Crippen MR) is 84.5 cm³/mol. The number of aliphatic hydroxyl groups excluding tert-OH is 1. The van der Waals surface area contributed by atoms with Crippen LogP contribution in [0.1, 0.15) is 18.5 Å². The maximum absolute atomic E-state index is 13.3. The summed E-state index contributed by atoms with van der Waals surface area (Å²) >= 11 is 0. The Morgan fingerprint density at radius 3 is 2.91 bits per heavy atom. The molecule has 3 rings (SSSR count). The minimum atomic E-state index is -0.546. The molecule has 0 unspecified atom stereocenters. The molecule has 1 aliphatic heterocycles. The van der Waals surface area contributed by atoms with Crippen LogP contribution in [0.15, 0.2) is 36.8 Å². The number of nitrogens with zero attached hydrogens (tertiary/aromatic N) is 3. The molecule has 2 atom stereocenters. The van der Waals surface area contributed by atoms with Crippen molar-refractivity contribution in [3.8, 4) is 5.75 Å². The molecule has 1 aromatic carbocycles. The predicted octanol–water partition coefficient (Wildman–Crippen LogP) is 1.96. The van der Waals surface area contributed by atoms with Gasteiger partial charge in [-0.15, -0.1) is 0 Å². The number of ether oxygens (including phenoxy) is 1. The minimum absolute atomic E-state index is 0.312. The molecular weight excluding hydrogens is 297 g/mol. The van der Waals surface area contributed by atoms with Crippen LogP contribution in [0, 0.1) is 5.82 Å². The van der Waals surface area contributed by atoms with E-state index in [1.54, 1.807) is 18.5 Å². The van der Waals surface area contributed by atoms with Gasteiger partial charge in [-0.1, -0.05) is 6.07 Å². The Hall–Kier alpha value is -1.92. The Balaban J connectivity index is 1.60. The summed E-state index contributed by atoms with van der Waals surface area (Å²) in [4.78, 5) is 6.42. The van der Waals surface area contributed by atoms with E-state index >= 15 is 0 Å². The number of imidazole rings is 1. The Morgan fingerprint density at radius 1 is 1.35 bits per heavy atom.